The summed E-state index contributed by atoms with van der Waals surface area (Å²) in [6, 6.07) is 20.8. The van der Waals surface area contributed by atoms with E-state index in [0.717, 1.165) is 49.0 Å². The molecule has 51 heavy (non-hydrogen) atoms. The van der Waals surface area contributed by atoms with Crippen LogP contribution in [0.2, 0.25) is 0 Å². The first kappa shape index (κ1) is 19.3. The van der Waals surface area contributed by atoms with Gasteiger partial charge in [-0.25, -0.2) is 0 Å². The minimum atomic E-state index is -0.643. The van der Waals surface area contributed by atoms with E-state index in [1.807, 2.05) is 42.5 Å². The van der Waals surface area contributed by atoms with E-state index in [9.17, 15) is 6.85 Å². The molecule has 10 rings (SSSR count). The molecule has 1 nitrogen and oxygen atoms in total. The van der Waals surface area contributed by atoms with Crippen LogP contribution >= 0.6 is 0 Å². The highest BCUT2D eigenvalue weighted by atomic mass is 16.3. The predicted molar refractivity (Wildman–Crippen MR) is 219 cm³/mol. The van der Waals surface area contributed by atoms with Gasteiger partial charge in [0, 0.05) is 10.9 Å². The second-order valence-corrected chi connectivity index (χ2v) is 13.9. The Labute approximate surface area is 315 Å². The molecule has 1 heteroatoms. The molecule has 0 bridgehead atoms. The standard InChI is InChI=1S/C50H36O/c1-50(2,3)44-24-13-23-37-35-17-6-4-14-32(35)28-43(48(37)44)36-22-12-16-31-26-27-34(29-42(31)36)47-38-18-7-9-20-40(38)49(41-21-10-8-19-39(41)47)46-30-33-15-5-11-25-45(33)51-46/h4-30H,1-3H3/i5D,7D,8D,9D,10D,11D,15D,18D,19D,20D,21D,25D,30D. The van der Waals surface area contributed by atoms with Crippen molar-refractivity contribution in [1.82, 2.24) is 0 Å². The zero-order chi connectivity index (χ0) is 45.6. The van der Waals surface area contributed by atoms with Gasteiger partial charge in [-0.3, -0.25) is 0 Å². The molecule has 0 fully saturated rings. The molecule has 0 aliphatic rings. The highest BCUT2D eigenvalue weighted by Crippen LogP contribution is 2.47. The highest BCUT2D eigenvalue weighted by molar-refractivity contribution is 6.22. The average molecular weight is 666 g/mol. The van der Waals surface area contributed by atoms with Crippen molar-refractivity contribution in [2.45, 2.75) is 26.2 Å². The lowest BCUT2D eigenvalue weighted by Gasteiger charge is -2.24. The maximum Gasteiger partial charge on any atom is 0.136 e. The Morgan fingerprint density at radius 1 is 0.490 bits per heavy atom. The fraction of sp³-hybridized carbons (Fsp3) is 0.0800. The molecule has 0 radical (unpaired) electrons. The third-order valence-electron chi connectivity index (χ3n) is 9.85. The van der Waals surface area contributed by atoms with Crippen LogP contribution in [0.3, 0.4) is 0 Å². The van der Waals surface area contributed by atoms with E-state index < -0.39 is 84.3 Å². The van der Waals surface area contributed by atoms with Crippen molar-refractivity contribution in [3.05, 3.63) is 169 Å². The first-order valence-electron chi connectivity index (χ1n) is 23.3. The van der Waals surface area contributed by atoms with Gasteiger partial charge in [-0.2, -0.15) is 0 Å². The molecule has 0 saturated carbocycles. The van der Waals surface area contributed by atoms with Crippen LogP contribution in [0, 0.1) is 0 Å². The van der Waals surface area contributed by atoms with Gasteiger partial charge in [-0.15, -0.1) is 0 Å². The summed E-state index contributed by atoms with van der Waals surface area (Å²) in [4.78, 5) is 0. The Kier molecular flexibility index (Phi) is 4.22. The maximum atomic E-state index is 9.47. The van der Waals surface area contributed by atoms with E-state index in [-0.39, 0.29) is 49.1 Å². The van der Waals surface area contributed by atoms with Crippen LogP contribution in [-0.4, -0.2) is 0 Å². The van der Waals surface area contributed by atoms with Crippen molar-refractivity contribution in [3.8, 4) is 33.6 Å². The van der Waals surface area contributed by atoms with Crippen LogP contribution < -0.4 is 0 Å². The van der Waals surface area contributed by atoms with Crippen LogP contribution in [0.4, 0.5) is 0 Å². The third kappa shape index (κ3) is 4.62. The van der Waals surface area contributed by atoms with Gasteiger partial charge < -0.3 is 4.42 Å². The smallest absolute Gasteiger partial charge is 0.136 e. The molecule has 9 aromatic carbocycles. The Morgan fingerprint density at radius 2 is 1.14 bits per heavy atom. The van der Waals surface area contributed by atoms with E-state index in [1.54, 1.807) is 6.07 Å². The third-order valence-corrected chi connectivity index (χ3v) is 9.85. The lowest BCUT2D eigenvalue weighted by molar-refractivity contribution is 0.596. The van der Waals surface area contributed by atoms with E-state index in [2.05, 4.69) is 57.2 Å². The summed E-state index contributed by atoms with van der Waals surface area (Å²) < 4.78 is 123. The van der Waals surface area contributed by atoms with Gasteiger partial charge >= 0.3 is 0 Å². The minimum absolute atomic E-state index is 0.0963. The van der Waals surface area contributed by atoms with Crippen LogP contribution in [0.15, 0.2) is 168 Å². The normalized spacial score (nSPS) is 15.8. The minimum Gasteiger partial charge on any atom is -0.456 e. The van der Waals surface area contributed by atoms with Crippen LogP contribution in [0.5, 0.6) is 0 Å². The van der Waals surface area contributed by atoms with Crippen molar-refractivity contribution in [2.24, 2.45) is 0 Å². The lowest BCUT2D eigenvalue weighted by Crippen LogP contribution is -2.12. The zero-order valence-electron chi connectivity index (χ0n) is 41.0. The predicted octanol–water partition coefficient (Wildman–Crippen LogP) is 14.5. The topological polar surface area (TPSA) is 13.1 Å². The van der Waals surface area contributed by atoms with Crippen LogP contribution in [0.25, 0.3) is 98.4 Å². The molecule has 1 heterocycles. The van der Waals surface area contributed by atoms with Gasteiger partial charge in [0.05, 0.1) is 17.8 Å². The number of hydrogen-bond acceptors (Lipinski definition) is 1. The largest absolute Gasteiger partial charge is 0.456 e. The summed E-state index contributed by atoms with van der Waals surface area (Å²) in [7, 11) is 0. The van der Waals surface area contributed by atoms with E-state index in [4.69, 9.17) is 15.4 Å². The van der Waals surface area contributed by atoms with Crippen LogP contribution in [0.1, 0.15) is 44.2 Å². The SMILES string of the molecule is [2H]c1c([2H])c([2H])c2c([2H])c(-c3c4c([2H])c([2H])c([2H])c([2H])c4c(-c4ccc5cccc(-c6cc7ccccc7c7cccc(C(C)(C)C)c67)c5c4)c4c([2H])c([2H])c([2H])c([2H])c34)oc2c1[2H]. The Balaban J connectivity index is 1.41. The van der Waals surface area contributed by atoms with Crippen molar-refractivity contribution in [1.29, 1.82) is 0 Å². The first-order chi connectivity index (χ1) is 30.3. The summed E-state index contributed by atoms with van der Waals surface area (Å²) in [6.07, 6.45) is 0. The quantitative estimate of drug-likeness (QED) is 0.135. The van der Waals surface area contributed by atoms with Crippen LogP contribution in [-0.2, 0) is 5.41 Å². The lowest BCUT2D eigenvalue weighted by atomic mass is 9.79. The molecule has 0 N–H and O–H groups in total. The number of fused-ring (bicyclic) bond motifs is 7. The van der Waals surface area contributed by atoms with E-state index in [1.165, 1.54) is 0 Å². The molecule has 0 spiro atoms. The molecule has 1 aromatic heterocycles. The summed E-state index contributed by atoms with van der Waals surface area (Å²) >= 11 is 0. The van der Waals surface area contributed by atoms with Crippen molar-refractivity contribution < 1.29 is 22.2 Å². The van der Waals surface area contributed by atoms with Gasteiger partial charge in [-0.1, -0.05) is 160 Å². The van der Waals surface area contributed by atoms with E-state index >= 15 is 0 Å². The second kappa shape index (κ2) is 11.2. The Bertz CT molecular complexity index is 3670. The molecule has 0 amide bonds. The number of rotatable bonds is 3. The summed E-state index contributed by atoms with van der Waals surface area (Å²) in [6.45, 7) is 6.53. The number of para-hydroxylation sites is 1. The van der Waals surface area contributed by atoms with Gasteiger partial charge in [0.1, 0.15) is 11.3 Å². The molecule has 0 unspecified atom stereocenters. The molecule has 242 valence electrons. The number of benzene rings is 9. The number of hydrogen-bond donors (Lipinski definition) is 0. The molecular weight excluding hydrogens is 617 g/mol. The fourth-order valence-corrected chi connectivity index (χ4v) is 7.62. The summed E-state index contributed by atoms with van der Waals surface area (Å²) in [5, 5.41) is 5.05. The van der Waals surface area contributed by atoms with E-state index in [0.29, 0.717) is 5.56 Å². The molecular formula is C50H36O. The Morgan fingerprint density at radius 3 is 1.90 bits per heavy atom. The molecule has 0 aliphatic carbocycles. The number of furan rings is 1. The van der Waals surface area contributed by atoms with Gasteiger partial charge in [0.25, 0.3) is 0 Å². The highest BCUT2D eigenvalue weighted by Gasteiger charge is 2.23. The van der Waals surface area contributed by atoms with Crippen molar-refractivity contribution >= 4 is 64.8 Å². The van der Waals surface area contributed by atoms with Gasteiger partial charge in [-0.05, 0) is 111 Å². The molecule has 0 atom stereocenters. The van der Waals surface area contributed by atoms with Crippen molar-refractivity contribution in [3.63, 3.8) is 0 Å². The molecule has 0 saturated heterocycles. The van der Waals surface area contributed by atoms with Gasteiger partial charge in [0.2, 0.25) is 0 Å². The molecule has 0 aliphatic heterocycles. The zero-order valence-corrected chi connectivity index (χ0v) is 28.0. The first-order valence-corrected chi connectivity index (χ1v) is 16.8. The van der Waals surface area contributed by atoms with Crippen molar-refractivity contribution in [2.75, 3.05) is 0 Å². The van der Waals surface area contributed by atoms with Gasteiger partial charge in [0.15, 0.2) is 0 Å². The summed E-state index contributed by atoms with van der Waals surface area (Å²) in [5.41, 5.74) is 2.61. The molecule has 10 aromatic rings. The fourth-order valence-electron chi connectivity index (χ4n) is 7.62. The Hall–Kier alpha value is -6.18. The monoisotopic (exact) mass is 665 g/mol. The second-order valence-electron chi connectivity index (χ2n) is 13.9. The average Bonchev–Trinajstić information content (AvgIpc) is 3.63. The maximum absolute atomic E-state index is 9.47. The summed E-state index contributed by atoms with van der Waals surface area (Å²) in [5.74, 6) is -0.433.